The van der Waals surface area contributed by atoms with Crippen molar-refractivity contribution in [3.05, 3.63) is 72.3 Å². The van der Waals surface area contributed by atoms with E-state index in [1.54, 1.807) is 24.3 Å². The van der Waals surface area contributed by atoms with Gasteiger partial charge in [0.25, 0.3) is 11.1 Å². The Morgan fingerprint density at radius 1 is 1.04 bits per heavy atom. The number of hydrogen-bond acceptors (Lipinski definition) is 3. The number of amides is 1. The number of benzene rings is 3. The topological polar surface area (TPSA) is 50.4 Å². The van der Waals surface area contributed by atoms with Crippen LogP contribution >= 0.6 is 12.2 Å². The number of ether oxygens (including phenoxy) is 1. The summed E-state index contributed by atoms with van der Waals surface area (Å²) in [5.41, 5.74) is 1.29. The van der Waals surface area contributed by atoms with Crippen molar-refractivity contribution < 1.29 is 9.53 Å². The summed E-state index contributed by atoms with van der Waals surface area (Å²) in [5, 5.41) is 8.35. The SMILES string of the molecule is CCCNC(=S)Oc1cccc(C(=O)Nc2cccc3ccccc23)c1. The molecule has 4 nitrogen and oxygen atoms in total. The van der Waals surface area contributed by atoms with E-state index in [-0.39, 0.29) is 5.91 Å². The molecule has 2 N–H and O–H groups in total. The van der Waals surface area contributed by atoms with Crippen molar-refractivity contribution in [2.24, 2.45) is 0 Å². The first-order valence-electron chi connectivity index (χ1n) is 8.52. The van der Waals surface area contributed by atoms with Gasteiger partial charge in [-0.25, -0.2) is 0 Å². The van der Waals surface area contributed by atoms with E-state index in [0.717, 1.165) is 29.4 Å². The predicted octanol–water partition coefficient (Wildman–Crippen LogP) is 4.76. The van der Waals surface area contributed by atoms with Crippen LogP contribution in [-0.2, 0) is 0 Å². The highest BCUT2D eigenvalue weighted by atomic mass is 32.1. The van der Waals surface area contributed by atoms with Crippen molar-refractivity contribution >= 4 is 39.8 Å². The summed E-state index contributed by atoms with van der Waals surface area (Å²) >= 11 is 5.13. The molecule has 3 aromatic carbocycles. The zero-order valence-electron chi connectivity index (χ0n) is 14.5. The Kier molecular flexibility index (Phi) is 5.81. The van der Waals surface area contributed by atoms with Crippen LogP contribution in [0.4, 0.5) is 5.69 Å². The molecule has 0 radical (unpaired) electrons. The minimum atomic E-state index is -0.195. The lowest BCUT2D eigenvalue weighted by molar-refractivity contribution is 0.102. The summed E-state index contributed by atoms with van der Waals surface area (Å²) in [6, 6.07) is 20.7. The van der Waals surface area contributed by atoms with Crippen LogP contribution in [0.2, 0.25) is 0 Å². The first kappa shape index (κ1) is 17.9. The van der Waals surface area contributed by atoms with E-state index in [1.807, 2.05) is 49.4 Å². The fourth-order valence-electron chi connectivity index (χ4n) is 2.60. The van der Waals surface area contributed by atoms with Gasteiger partial charge in [-0.05, 0) is 48.3 Å². The average Bonchev–Trinajstić information content (AvgIpc) is 2.67. The second kappa shape index (κ2) is 8.45. The van der Waals surface area contributed by atoms with Gasteiger partial charge in [0.2, 0.25) is 0 Å². The van der Waals surface area contributed by atoms with Gasteiger partial charge in [0.1, 0.15) is 5.75 Å². The normalized spacial score (nSPS) is 10.3. The molecule has 0 atom stereocenters. The summed E-state index contributed by atoms with van der Waals surface area (Å²) in [6.07, 6.45) is 0.955. The number of nitrogens with one attached hydrogen (secondary N) is 2. The highest BCUT2D eigenvalue weighted by Crippen LogP contribution is 2.24. The largest absolute Gasteiger partial charge is 0.432 e. The van der Waals surface area contributed by atoms with Crippen molar-refractivity contribution in [3.63, 3.8) is 0 Å². The minimum absolute atomic E-state index is 0.195. The molecule has 0 bridgehead atoms. The van der Waals surface area contributed by atoms with E-state index in [2.05, 4.69) is 10.6 Å². The van der Waals surface area contributed by atoms with Crippen molar-refractivity contribution in [1.29, 1.82) is 0 Å². The summed E-state index contributed by atoms with van der Waals surface area (Å²) in [6.45, 7) is 2.80. The van der Waals surface area contributed by atoms with Gasteiger partial charge in [-0.1, -0.05) is 49.4 Å². The first-order chi connectivity index (χ1) is 12.7. The Hall–Kier alpha value is -2.92. The predicted molar refractivity (Wildman–Crippen MR) is 110 cm³/mol. The van der Waals surface area contributed by atoms with Crippen molar-refractivity contribution in [2.75, 3.05) is 11.9 Å². The molecule has 0 aliphatic heterocycles. The lowest BCUT2D eigenvalue weighted by Crippen LogP contribution is -2.27. The molecule has 0 saturated heterocycles. The highest BCUT2D eigenvalue weighted by molar-refractivity contribution is 7.80. The molecule has 3 aromatic rings. The molecule has 132 valence electrons. The molecule has 3 rings (SSSR count). The number of rotatable bonds is 5. The number of hydrogen-bond donors (Lipinski definition) is 2. The Morgan fingerprint density at radius 3 is 2.65 bits per heavy atom. The lowest BCUT2D eigenvalue weighted by atomic mass is 10.1. The fourth-order valence-corrected chi connectivity index (χ4v) is 2.80. The van der Waals surface area contributed by atoms with Crippen molar-refractivity contribution in [1.82, 2.24) is 5.32 Å². The fraction of sp³-hybridized carbons (Fsp3) is 0.143. The maximum atomic E-state index is 12.7. The van der Waals surface area contributed by atoms with Gasteiger partial charge in [0, 0.05) is 23.2 Å². The zero-order chi connectivity index (χ0) is 18.4. The molecule has 0 unspecified atom stereocenters. The van der Waals surface area contributed by atoms with Crippen LogP contribution in [-0.4, -0.2) is 17.6 Å². The van der Waals surface area contributed by atoms with Crippen LogP contribution in [0.3, 0.4) is 0 Å². The summed E-state index contributed by atoms with van der Waals surface area (Å²) in [5.74, 6) is 0.336. The lowest BCUT2D eigenvalue weighted by Gasteiger charge is -2.11. The third-order valence-corrected chi connectivity index (χ3v) is 4.09. The number of carbonyl (C=O) groups excluding carboxylic acids is 1. The molecular formula is C21H20N2O2S. The third-order valence-electron chi connectivity index (χ3n) is 3.86. The maximum Gasteiger partial charge on any atom is 0.262 e. The van der Waals surface area contributed by atoms with Gasteiger partial charge in [0.15, 0.2) is 0 Å². The molecule has 5 heteroatoms. The van der Waals surface area contributed by atoms with E-state index in [0.29, 0.717) is 16.5 Å². The molecule has 0 aromatic heterocycles. The molecule has 0 heterocycles. The van der Waals surface area contributed by atoms with Gasteiger partial charge >= 0.3 is 0 Å². The third kappa shape index (κ3) is 4.37. The number of anilines is 1. The Balaban J connectivity index is 1.75. The van der Waals surface area contributed by atoms with Gasteiger partial charge in [-0.2, -0.15) is 0 Å². The van der Waals surface area contributed by atoms with E-state index in [4.69, 9.17) is 17.0 Å². The monoisotopic (exact) mass is 364 g/mol. The van der Waals surface area contributed by atoms with E-state index >= 15 is 0 Å². The molecule has 0 fully saturated rings. The van der Waals surface area contributed by atoms with Crippen LogP contribution < -0.4 is 15.4 Å². The second-order valence-electron chi connectivity index (χ2n) is 5.82. The molecule has 26 heavy (non-hydrogen) atoms. The van der Waals surface area contributed by atoms with E-state index < -0.39 is 0 Å². The molecule has 0 spiro atoms. The van der Waals surface area contributed by atoms with Crippen LogP contribution in [0, 0.1) is 0 Å². The Bertz CT molecular complexity index is 935. The van der Waals surface area contributed by atoms with Crippen LogP contribution in [0.15, 0.2) is 66.7 Å². The maximum absolute atomic E-state index is 12.7. The van der Waals surface area contributed by atoms with Crippen molar-refractivity contribution in [2.45, 2.75) is 13.3 Å². The van der Waals surface area contributed by atoms with E-state index in [1.165, 1.54) is 0 Å². The van der Waals surface area contributed by atoms with Gasteiger partial charge < -0.3 is 15.4 Å². The average molecular weight is 364 g/mol. The molecule has 0 aliphatic rings. The zero-order valence-corrected chi connectivity index (χ0v) is 15.3. The quantitative estimate of drug-likeness (QED) is 0.641. The van der Waals surface area contributed by atoms with Crippen LogP contribution in [0.5, 0.6) is 5.75 Å². The van der Waals surface area contributed by atoms with E-state index in [9.17, 15) is 4.79 Å². The number of fused-ring (bicyclic) bond motifs is 1. The van der Waals surface area contributed by atoms with Gasteiger partial charge in [0.05, 0.1) is 0 Å². The number of carbonyl (C=O) groups is 1. The summed E-state index contributed by atoms with van der Waals surface area (Å²) < 4.78 is 5.57. The van der Waals surface area contributed by atoms with Crippen LogP contribution in [0.1, 0.15) is 23.7 Å². The summed E-state index contributed by atoms with van der Waals surface area (Å²) in [4.78, 5) is 12.7. The molecular weight excluding hydrogens is 344 g/mol. The summed E-state index contributed by atoms with van der Waals surface area (Å²) in [7, 11) is 0. The molecule has 1 amide bonds. The van der Waals surface area contributed by atoms with Crippen molar-refractivity contribution in [3.8, 4) is 5.75 Å². The second-order valence-corrected chi connectivity index (χ2v) is 6.20. The molecule has 0 saturated carbocycles. The highest BCUT2D eigenvalue weighted by Gasteiger charge is 2.10. The smallest absolute Gasteiger partial charge is 0.262 e. The standard InChI is InChI=1S/C21H20N2O2S/c1-2-13-22-21(26)25-17-10-5-9-16(14-17)20(24)23-19-12-6-8-15-7-3-4-11-18(15)19/h3-12,14H,2,13H2,1H3,(H,22,26)(H,23,24). The van der Waals surface area contributed by atoms with Gasteiger partial charge in [-0.3, -0.25) is 4.79 Å². The Labute approximate surface area is 158 Å². The van der Waals surface area contributed by atoms with Crippen LogP contribution in [0.25, 0.3) is 10.8 Å². The minimum Gasteiger partial charge on any atom is -0.432 e. The van der Waals surface area contributed by atoms with Gasteiger partial charge in [-0.15, -0.1) is 0 Å². The Morgan fingerprint density at radius 2 is 1.81 bits per heavy atom. The first-order valence-corrected chi connectivity index (χ1v) is 8.93. The molecule has 0 aliphatic carbocycles. The number of thiocarbonyl (C=S) groups is 1.